The summed E-state index contributed by atoms with van der Waals surface area (Å²) in [5, 5.41) is 14.9. The number of hydrogen-bond acceptors (Lipinski definition) is 4. The van der Waals surface area contributed by atoms with E-state index in [4.69, 9.17) is 11.6 Å². The highest BCUT2D eigenvalue weighted by atomic mass is 35.5. The number of tetrazole rings is 1. The van der Waals surface area contributed by atoms with E-state index in [1.54, 1.807) is 6.07 Å². The van der Waals surface area contributed by atoms with E-state index in [1.165, 1.54) is 11.0 Å². The van der Waals surface area contributed by atoms with E-state index >= 15 is 0 Å². The van der Waals surface area contributed by atoms with Crippen LogP contribution in [0.1, 0.15) is 31.1 Å². The number of nitrogens with zero attached hydrogens (tertiary/aromatic N) is 4. The Morgan fingerprint density at radius 1 is 1.08 bits per heavy atom. The van der Waals surface area contributed by atoms with Crippen LogP contribution < -0.4 is 5.32 Å². The molecule has 0 atom stereocenters. The van der Waals surface area contributed by atoms with Crippen LogP contribution in [0.3, 0.4) is 0 Å². The lowest BCUT2D eigenvalue weighted by atomic mass is 10.0. The Balaban J connectivity index is 2.08. The van der Waals surface area contributed by atoms with Crippen LogP contribution in [0.4, 0.5) is 0 Å². The summed E-state index contributed by atoms with van der Waals surface area (Å²) in [7, 11) is 0. The van der Waals surface area contributed by atoms with Crippen molar-refractivity contribution in [1.82, 2.24) is 25.5 Å². The minimum Gasteiger partial charge on any atom is -0.347 e. The third kappa shape index (κ3) is 4.22. The van der Waals surface area contributed by atoms with Crippen LogP contribution in [0, 0.1) is 0 Å². The Bertz CT molecular complexity index is 883. The first-order chi connectivity index (χ1) is 11.8. The quantitative estimate of drug-likeness (QED) is 0.780. The van der Waals surface area contributed by atoms with Crippen LogP contribution in [0.25, 0.3) is 16.8 Å². The summed E-state index contributed by atoms with van der Waals surface area (Å²) >= 11 is 5.97. The van der Waals surface area contributed by atoms with Crippen molar-refractivity contribution in [1.29, 1.82) is 0 Å². The molecule has 0 fully saturated rings. The summed E-state index contributed by atoms with van der Waals surface area (Å²) in [4.78, 5) is 12.6. The van der Waals surface area contributed by atoms with Crippen molar-refractivity contribution in [3.05, 3.63) is 59.4 Å². The summed E-state index contributed by atoms with van der Waals surface area (Å²) < 4.78 is 1.52. The van der Waals surface area contributed by atoms with Gasteiger partial charge >= 0.3 is 0 Å². The average Bonchev–Trinajstić information content (AvgIpc) is 3.08. The van der Waals surface area contributed by atoms with Crippen LogP contribution >= 0.6 is 11.6 Å². The Morgan fingerprint density at radius 3 is 2.40 bits per heavy atom. The highest BCUT2D eigenvalue weighted by molar-refractivity contribution is 6.30. The van der Waals surface area contributed by atoms with Crippen molar-refractivity contribution in [2.24, 2.45) is 0 Å². The fraction of sp³-hybridized carbons (Fsp3) is 0.222. The van der Waals surface area contributed by atoms with E-state index in [1.807, 2.05) is 57.2 Å². The molecular weight excluding hydrogens is 338 g/mol. The molecule has 7 heteroatoms. The summed E-state index contributed by atoms with van der Waals surface area (Å²) in [5.41, 5.74) is 2.74. The van der Waals surface area contributed by atoms with Gasteiger partial charge in [0.1, 0.15) is 6.33 Å². The lowest BCUT2D eigenvalue weighted by Crippen LogP contribution is -2.40. The van der Waals surface area contributed by atoms with Gasteiger partial charge in [0.05, 0.1) is 5.69 Å². The third-order valence-corrected chi connectivity index (χ3v) is 3.71. The standard InChI is InChI=1S/C18H18ClN5O/c1-18(2,3)21-17(25)14-8-13(12-4-6-15(19)7-5-12)9-16(10-14)24-11-20-22-23-24/h4-11H,1-3H3,(H,21,25). The maximum absolute atomic E-state index is 12.6. The van der Waals surface area contributed by atoms with E-state index in [9.17, 15) is 4.79 Å². The third-order valence-electron chi connectivity index (χ3n) is 3.46. The lowest BCUT2D eigenvalue weighted by molar-refractivity contribution is 0.0919. The van der Waals surface area contributed by atoms with E-state index in [0.717, 1.165) is 11.1 Å². The predicted molar refractivity (Wildman–Crippen MR) is 96.8 cm³/mol. The minimum atomic E-state index is -0.331. The number of carbonyl (C=O) groups excluding carboxylic acids is 1. The summed E-state index contributed by atoms with van der Waals surface area (Å²) in [6, 6.07) is 13.0. The molecule has 0 saturated heterocycles. The van der Waals surface area contributed by atoms with Crippen molar-refractivity contribution in [3.8, 4) is 16.8 Å². The second-order valence-corrected chi connectivity index (χ2v) is 7.17. The Labute approximate surface area is 150 Å². The molecule has 6 nitrogen and oxygen atoms in total. The van der Waals surface area contributed by atoms with Gasteiger partial charge in [-0.2, -0.15) is 0 Å². The van der Waals surface area contributed by atoms with Gasteiger partial charge in [-0.15, -0.1) is 5.10 Å². The number of amides is 1. The highest BCUT2D eigenvalue weighted by Crippen LogP contribution is 2.25. The number of carbonyl (C=O) groups is 1. The molecule has 0 saturated carbocycles. The topological polar surface area (TPSA) is 72.7 Å². The molecule has 3 aromatic rings. The van der Waals surface area contributed by atoms with Gasteiger partial charge in [-0.3, -0.25) is 4.79 Å². The van der Waals surface area contributed by atoms with Crippen molar-refractivity contribution in [2.75, 3.05) is 0 Å². The number of rotatable bonds is 3. The van der Waals surface area contributed by atoms with Crippen LogP contribution in [0.15, 0.2) is 48.8 Å². The van der Waals surface area contributed by atoms with E-state index in [2.05, 4.69) is 20.8 Å². The first kappa shape index (κ1) is 17.1. The van der Waals surface area contributed by atoms with Crippen LogP contribution in [0.5, 0.6) is 0 Å². The number of halogens is 1. The summed E-state index contributed by atoms with van der Waals surface area (Å²) in [6.07, 6.45) is 1.49. The molecule has 0 unspecified atom stereocenters. The predicted octanol–water partition coefficient (Wildman–Crippen LogP) is 3.51. The molecule has 0 aliphatic rings. The number of benzene rings is 2. The normalized spacial score (nSPS) is 11.4. The van der Waals surface area contributed by atoms with Crippen LogP contribution in [0.2, 0.25) is 5.02 Å². The van der Waals surface area contributed by atoms with Crippen molar-refractivity contribution in [3.63, 3.8) is 0 Å². The van der Waals surface area contributed by atoms with Gasteiger partial charge in [-0.25, -0.2) is 4.68 Å². The Hall–Kier alpha value is -2.73. The second kappa shape index (κ2) is 6.64. The largest absolute Gasteiger partial charge is 0.347 e. The molecule has 2 aromatic carbocycles. The Morgan fingerprint density at radius 2 is 1.80 bits per heavy atom. The molecule has 0 aliphatic heterocycles. The number of hydrogen-bond donors (Lipinski definition) is 1. The van der Waals surface area contributed by atoms with Crippen molar-refractivity contribution >= 4 is 17.5 Å². The molecule has 0 aliphatic carbocycles. The van der Waals surface area contributed by atoms with Gasteiger partial charge in [0, 0.05) is 16.1 Å². The molecular formula is C18H18ClN5O. The van der Waals surface area contributed by atoms with Gasteiger partial charge in [0.25, 0.3) is 5.91 Å². The highest BCUT2D eigenvalue weighted by Gasteiger charge is 2.17. The molecule has 3 rings (SSSR count). The van der Waals surface area contributed by atoms with Gasteiger partial charge in [-0.1, -0.05) is 23.7 Å². The zero-order valence-corrected chi connectivity index (χ0v) is 14.9. The van der Waals surface area contributed by atoms with Crippen molar-refractivity contribution < 1.29 is 4.79 Å². The Kier molecular flexibility index (Phi) is 4.55. The van der Waals surface area contributed by atoms with Gasteiger partial charge in [0.15, 0.2) is 0 Å². The zero-order chi connectivity index (χ0) is 18.0. The van der Waals surface area contributed by atoms with Crippen LogP contribution in [-0.4, -0.2) is 31.7 Å². The van der Waals surface area contributed by atoms with Gasteiger partial charge in [-0.05, 0) is 72.7 Å². The fourth-order valence-electron chi connectivity index (χ4n) is 2.38. The lowest BCUT2D eigenvalue weighted by Gasteiger charge is -2.21. The molecule has 1 heterocycles. The summed E-state index contributed by atoms with van der Waals surface area (Å²) in [5.74, 6) is -0.155. The molecule has 0 bridgehead atoms. The summed E-state index contributed by atoms with van der Waals surface area (Å²) in [6.45, 7) is 5.82. The van der Waals surface area contributed by atoms with Gasteiger partial charge in [0.2, 0.25) is 0 Å². The molecule has 1 aromatic heterocycles. The zero-order valence-electron chi connectivity index (χ0n) is 14.2. The first-order valence-corrected chi connectivity index (χ1v) is 8.16. The van der Waals surface area contributed by atoms with E-state index < -0.39 is 0 Å². The molecule has 25 heavy (non-hydrogen) atoms. The number of aromatic nitrogens is 4. The molecule has 128 valence electrons. The second-order valence-electron chi connectivity index (χ2n) is 6.73. The van der Waals surface area contributed by atoms with Crippen molar-refractivity contribution in [2.45, 2.75) is 26.3 Å². The average molecular weight is 356 g/mol. The SMILES string of the molecule is CC(C)(C)NC(=O)c1cc(-c2ccc(Cl)cc2)cc(-n2cnnn2)c1. The molecule has 0 spiro atoms. The van der Waals surface area contributed by atoms with E-state index in [0.29, 0.717) is 16.3 Å². The number of nitrogens with one attached hydrogen (secondary N) is 1. The smallest absolute Gasteiger partial charge is 0.251 e. The fourth-order valence-corrected chi connectivity index (χ4v) is 2.50. The maximum atomic E-state index is 12.6. The maximum Gasteiger partial charge on any atom is 0.251 e. The molecule has 0 radical (unpaired) electrons. The first-order valence-electron chi connectivity index (χ1n) is 7.79. The molecule has 1 N–H and O–H groups in total. The molecule has 1 amide bonds. The monoisotopic (exact) mass is 355 g/mol. The minimum absolute atomic E-state index is 0.155. The van der Waals surface area contributed by atoms with E-state index in [-0.39, 0.29) is 11.4 Å². The van der Waals surface area contributed by atoms with Crippen LogP contribution in [-0.2, 0) is 0 Å². The van der Waals surface area contributed by atoms with Gasteiger partial charge < -0.3 is 5.32 Å².